The van der Waals surface area contributed by atoms with Gasteiger partial charge in [0.1, 0.15) is 11.5 Å². The lowest BCUT2D eigenvalue weighted by atomic mass is 10.1. The van der Waals surface area contributed by atoms with Crippen molar-refractivity contribution in [2.24, 2.45) is 0 Å². The van der Waals surface area contributed by atoms with Gasteiger partial charge in [-0.05, 0) is 79.1 Å². The zero-order valence-corrected chi connectivity index (χ0v) is 24.3. The van der Waals surface area contributed by atoms with Gasteiger partial charge in [0.2, 0.25) is 0 Å². The minimum Gasteiger partial charge on any atom is -0.457 e. The highest BCUT2D eigenvalue weighted by Crippen LogP contribution is 2.31. The van der Waals surface area contributed by atoms with Crippen molar-refractivity contribution < 1.29 is 22.7 Å². The fourth-order valence-corrected chi connectivity index (χ4v) is 4.91. The van der Waals surface area contributed by atoms with Gasteiger partial charge in [-0.2, -0.15) is 13.2 Å². The number of benzene rings is 4. The number of anilines is 2. The number of hydrogen-bond acceptors (Lipinski definition) is 6. The van der Waals surface area contributed by atoms with Crippen LogP contribution in [0.15, 0.2) is 109 Å². The normalized spacial score (nSPS) is 13.0. The molecule has 0 unspecified atom stereocenters. The molecule has 8 nitrogen and oxygen atoms in total. The predicted octanol–water partition coefficient (Wildman–Crippen LogP) is 7.99. The molecule has 6 aromatic rings. The first-order chi connectivity index (χ1) is 22.3. The first kappa shape index (κ1) is 29.0. The largest absolute Gasteiger partial charge is 0.457 e. The van der Waals surface area contributed by atoms with E-state index in [1.165, 1.54) is 12.1 Å². The van der Waals surface area contributed by atoms with Crippen molar-refractivity contribution in [2.45, 2.75) is 31.6 Å². The quantitative estimate of drug-likeness (QED) is 0.170. The summed E-state index contributed by atoms with van der Waals surface area (Å²) in [5.41, 5.74) is 2.88. The van der Waals surface area contributed by atoms with Crippen molar-refractivity contribution >= 4 is 28.6 Å². The third kappa shape index (κ3) is 6.53. The van der Waals surface area contributed by atoms with Gasteiger partial charge in [-0.1, -0.05) is 42.5 Å². The Hall–Kier alpha value is -5.71. The maximum Gasteiger partial charge on any atom is 0.416 e. The van der Waals surface area contributed by atoms with Crippen LogP contribution in [-0.2, 0) is 12.7 Å². The van der Waals surface area contributed by atoms with E-state index >= 15 is 0 Å². The van der Waals surface area contributed by atoms with Gasteiger partial charge in [0.05, 0.1) is 18.4 Å². The van der Waals surface area contributed by atoms with E-state index in [4.69, 9.17) is 14.7 Å². The van der Waals surface area contributed by atoms with Gasteiger partial charge in [-0.3, -0.25) is 4.79 Å². The Bertz CT molecular complexity index is 1990. The monoisotopic (exact) mass is 620 g/mol. The summed E-state index contributed by atoms with van der Waals surface area (Å²) < 4.78 is 47.0. The zero-order valence-electron chi connectivity index (χ0n) is 24.3. The molecular weight excluding hydrogens is 593 g/mol. The fraction of sp³-hybridized carbons (Fsp3) is 0.143. The Balaban J connectivity index is 1.21. The van der Waals surface area contributed by atoms with Crippen LogP contribution >= 0.6 is 0 Å². The number of aromatic nitrogens is 4. The lowest BCUT2D eigenvalue weighted by Gasteiger charge is -2.12. The van der Waals surface area contributed by atoms with Crippen molar-refractivity contribution in [3.8, 4) is 22.9 Å². The van der Waals surface area contributed by atoms with E-state index in [-0.39, 0.29) is 18.5 Å². The molecule has 2 heterocycles. The topological polar surface area (TPSA) is 94.0 Å². The first-order valence-electron chi connectivity index (χ1n) is 14.7. The summed E-state index contributed by atoms with van der Waals surface area (Å²) in [4.78, 5) is 26.7. The molecule has 1 fully saturated rings. The molecule has 11 heteroatoms. The van der Waals surface area contributed by atoms with Crippen LogP contribution in [-0.4, -0.2) is 31.5 Å². The molecule has 230 valence electrons. The highest BCUT2D eigenvalue weighted by atomic mass is 19.4. The molecule has 7 rings (SSSR count). The van der Waals surface area contributed by atoms with E-state index in [0.717, 1.165) is 36.4 Å². The van der Waals surface area contributed by atoms with Gasteiger partial charge in [0, 0.05) is 22.9 Å². The smallest absolute Gasteiger partial charge is 0.416 e. The van der Waals surface area contributed by atoms with Crippen LogP contribution in [0.25, 0.3) is 22.6 Å². The average Bonchev–Trinajstić information content (AvgIpc) is 3.79. The van der Waals surface area contributed by atoms with Crippen molar-refractivity contribution in [3.05, 3.63) is 126 Å². The van der Waals surface area contributed by atoms with E-state index in [0.29, 0.717) is 45.2 Å². The number of rotatable bonds is 9. The van der Waals surface area contributed by atoms with Gasteiger partial charge in [0.25, 0.3) is 5.91 Å². The summed E-state index contributed by atoms with van der Waals surface area (Å²) in [6, 6.07) is 29.2. The van der Waals surface area contributed by atoms with E-state index in [9.17, 15) is 18.0 Å². The summed E-state index contributed by atoms with van der Waals surface area (Å²) in [5, 5.41) is 6.32. The molecule has 1 aliphatic carbocycles. The maximum atomic E-state index is 13.1. The maximum absolute atomic E-state index is 13.1. The number of halogens is 3. The molecule has 1 aliphatic rings. The lowest BCUT2D eigenvalue weighted by molar-refractivity contribution is -0.137. The molecule has 46 heavy (non-hydrogen) atoms. The number of carbonyl (C=O) groups is 1. The second-order valence-electron chi connectivity index (χ2n) is 11.0. The number of imidazole rings is 1. The fourth-order valence-electron chi connectivity index (χ4n) is 4.91. The van der Waals surface area contributed by atoms with Crippen LogP contribution in [0, 0.1) is 0 Å². The molecule has 0 saturated heterocycles. The number of nitrogens with zero attached hydrogens (tertiary/aromatic N) is 4. The number of amides is 1. The number of hydrogen-bond donors (Lipinski definition) is 2. The Morgan fingerprint density at radius 2 is 1.54 bits per heavy atom. The zero-order chi connectivity index (χ0) is 31.7. The molecule has 1 saturated carbocycles. The number of para-hydroxylation sites is 1. The van der Waals surface area contributed by atoms with Gasteiger partial charge < -0.3 is 19.9 Å². The van der Waals surface area contributed by atoms with E-state index in [2.05, 4.69) is 15.6 Å². The van der Waals surface area contributed by atoms with Gasteiger partial charge in [-0.25, -0.2) is 15.0 Å². The first-order valence-corrected chi connectivity index (χ1v) is 14.7. The Morgan fingerprint density at radius 1 is 0.848 bits per heavy atom. The number of nitrogens with one attached hydrogen (secondary N) is 2. The number of alkyl halides is 3. The summed E-state index contributed by atoms with van der Waals surface area (Å²) in [6.45, 7) is 0.246. The molecule has 2 N–H and O–H groups in total. The second-order valence-corrected chi connectivity index (χ2v) is 11.0. The lowest BCUT2D eigenvalue weighted by Crippen LogP contribution is -2.25. The standard InChI is InChI=1S/C35H27F3N6O2/c36-35(37,38)25-12-6-22(7-13-25)20-44-21-39-30-32(40-26-16-18-29(19-17-26)46-28-4-2-1-3-5-28)42-31(43-33(30)44)23-8-10-24(11-9-23)34(45)41-27-14-15-27/h1-13,16-19,21,27H,14-15,20H2,(H,41,45)(H,40,42,43). The summed E-state index contributed by atoms with van der Waals surface area (Å²) in [5.74, 6) is 2.10. The number of fused-ring (bicyclic) bond motifs is 1. The summed E-state index contributed by atoms with van der Waals surface area (Å²) in [6.07, 6.45) is -0.830. The van der Waals surface area contributed by atoms with E-state index < -0.39 is 11.7 Å². The van der Waals surface area contributed by atoms with Gasteiger partial charge in [0.15, 0.2) is 22.8 Å². The molecular formula is C35H27F3N6O2. The average molecular weight is 621 g/mol. The number of ether oxygens (including phenoxy) is 1. The van der Waals surface area contributed by atoms with Crippen molar-refractivity contribution in [1.29, 1.82) is 0 Å². The second kappa shape index (κ2) is 12.0. The number of carbonyl (C=O) groups excluding carboxylic acids is 1. The van der Waals surface area contributed by atoms with Gasteiger partial charge in [-0.15, -0.1) is 0 Å². The van der Waals surface area contributed by atoms with Crippen molar-refractivity contribution in [2.75, 3.05) is 5.32 Å². The molecule has 0 aliphatic heterocycles. The van der Waals surface area contributed by atoms with E-state index in [1.807, 2.05) is 54.6 Å². The molecule has 0 atom stereocenters. The van der Waals surface area contributed by atoms with Crippen LogP contribution in [0.2, 0.25) is 0 Å². The van der Waals surface area contributed by atoms with Crippen LogP contribution in [0.1, 0.15) is 34.3 Å². The predicted molar refractivity (Wildman–Crippen MR) is 168 cm³/mol. The Kier molecular flexibility index (Phi) is 7.57. The summed E-state index contributed by atoms with van der Waals surface area (Å²) in [7, 11) is 0. The van der Waals surface area contributed by atoms with Crippen LogP contribution in [0.5, 0.6) is 11.5 Å². The van der Waals surface area contributed by atoms with Crippen LogP contribution in [0.3, 0.4) is 0 Å². The molecule has 0 radical (unpaired) electrons. The van der Waals surface area contributed by atoms with Crippen LogP contribution in [0.4, 0.5) is 24.7 Å². The third-order valence-corrected chi connectivity index (χ3v) is 7.51. The van der Waals surface area contributed by atoms with E-state index in [1.54, 1.807) is 35.2 Å². The molecule has 2 aromatic heterocycles. The minimum atomic E-state index is -4.41. The van der Waals surface area contributed by atoms with Crippen LogP contribution < -0.4 is 15.4 Å². The molecule has 0 bridgehead atoms. The Morgan fingerprint density at radius 3 is 2.22 bits per heavy atom. The highest BCUT2D eigenvalue weighted by molar-refractivity contribution is 5.95. The van der Waals surface area contributed by atoms with Gasteiger partial charge >= 0.3 is 6.18 Å². The molecule has 1 amide bonds. The minimum absolute atomic E-state index is 0.123. The summed E-state index contributed by atoms with van der Waals surface area (Å²) >= 11 is 0. The van der Waals surface area contributed by atoms with Crippen molar-refractivity contribution in [1.82, 2.24) is 24.8 Å². The molecule has 0 spiro atoms. The Labute approximate surface area is 261 Å². The third-order valence-electron chi connectivity index (χ3n) is 7.51. The highest BCUT2D eigenvalue weighted by Gasteiger charge is 2.30. The molecule has 4 aromatic carbocycles. The SMILES string of the molecule is O=C(NC1CC1)c1ccc(-c2nc(Nc3ccc(Oc4ccccc4)cc3)c3ncn(Cc4ccc(C(F)(F)F)cc4)c3n2)cc1. The van der Waals surface area contributed by atoms with Crippen molar-refractivity contribution in [3.63, 3.8) is 0 Å².